The van der Waals surface area contributed by atoms with Crippen LogP contribution in [0.4, 0.5) is 11.4 Å². The Labute approximate surface area is 196 Å². The van der Waals surface area contributed by atoms with Crippen molar-refractivity contribution in [2.45, 2.75) is 45.0 Å². The molecular formula is C24H27N5O3S. The van der Waals surface area contributed by atoms with Gasteiger partial charge in [0.05, 0.1) is 10.9 Å². The molecule has 33 heavy (non-hydrogen) atoms. The molecule has 8 nitrogen and oxygen atoms in total. The first-order valence-corrected chi connectivity index (χ1v) is 11.5. The van der Waals surface area contributed by atoms with Gasteiger partial charge in [0.15, 0.2) is 10.9 Å². The van der Waals surface area contributed by atoms with Gasteiger partial charge in [0.1, 0.15) is 0 Å². The lowest BCUT2D eigenvalue weighted by atomic mass is 10.1. The molecule has 0 aliphatic heterocycles. The zero-order valence-electron chi connectivity index (χ0n) is 19.2. The topological polar surface area (TPSA) is 117 Å². The van der Waals surface area contributed by atoms with E-state index in [-0.39, 0.29) is 28.6 Å². The fourth-order valence-corrected chi connectivity index (χ4v) is 3.65. The molecule has 0 fully saturated rings. The molecule has 1 unspecified atom stereocenters. The number of para-hydroxylation sites is 1. The number of rotatable bonds is 7. The number of carbonyl (C=O) groups excluding carboxylic acids is 2. The lowest BCUT2D eigenvalue weighted by Crippen LogP contribution is -2.24. The monoisotopic (exact) mass is 465 g/mol. The van der Waals surface area contributed by atoms with Crippen molar-refractivity contribution in [3.63, 3.8) is 0 Å². The van der Waals surface area contributed by atoms with Crippen LogP contribution in [0.2, 0.25) is 0 Å². The predicted molar refractivity (Wildman–Crippen MR) is 131 cm³/mol. The third kappa shape index (κ3) is 6.07. The summed E-state index contributed by atoms with van der Waals surface area (Å²) in [5.74, 6) is -0.586. The number of carbonyl (C=O) groups is 2. The van der Waals surface area contributed by atoms with Gasteiger partial charge < -0.3 is 10.6 Å². The van der Waals surface area contributed by atoms with Gasteiger partial charge in [-0.1, -0.05) is 49.9 Å². The van der Waals surface area contributed by atoms with Crippen molar-refractivity contribution >= 4 is 35.0 Å². The summed E-state index contributed by atoms with van der Waals surface area (Å²) in [5, 5.41) is 13.6. The van der Waals surface area contributed by atoms with Crippen LogP contribution in [0.1, 0.15) is 31.9 Å². The molecule has 1 heterocycles. The maximum Gasteiger partial charge on any atom is 0.278 e. The first-order valence-electron chi connectivity index (χ1n) is 10.6. The van der Waals surface area contributed by atoms with E-state index in [0.29, 0.717) is 16.9 Å². The van der Waals surface area contributed by atoms with Gasteiger partial charge in [0.2, 0.25) is 11.8 Å². The number of aromatic nitrogens is 3. The number of nitrogens with zero attached hydrogens (tertiary/aromatic N) is 2. The summed E-state index contributed by atoms with van der Waals surface area (Å²) in [5.41, 5.74) is 3.53. The molecule has 3 N–H and O–H groups in total. The molecule has 3 aromatic rings. The molecule has 1 atom stereocenters. The molecule has 0 saturated carbocycles. The van der Waals surface area contributed by atoms with Gasteiger partial charge >= 0.3 is 0 Å². The van der Waals surface area contributed by atoms with Crippen molar-refractivity contribution < 1.29 is 9.59 Å². The summed E-state index contributed by atoms with van der Waals surface area (Å²) in [6.45, 7) is 9.29. The number of hydrogen-bond acceptors (Lipinski definition) is 6. The zero-order chi connectivity index (χ0) is 24.1. The van der Waals surface area contributed by atoms with E-state index >= 15 is 0 Å². The van der Waals surface area contributed by atoms with E-state index in [1.807, 2.05) is 32.0 Å². The first-order chi connectivity index (χ1) is 15.7. The number of hydrogen-bond donors (Lipinski definition) is 3. The Morgan fingerprint density at radius 3 is 2.33 bits per heavy atom. The van der Waals surface area contributed by atoms with Gasteiger partial charge in [-0.2, -0.15) is 0 Å². The number of thioether (sulfide) groups is 1. The van der Waals surface area contributed by atoms with E-state index in [1.54, 1.807) is 45.0 Å². The SMILES string of the molecule is Cc1ccc(NC(=O)C(C)Sc2nnc(-c3ccccc3NC(=O)C(C)C)c(=O)[nH]2)cc1C. The van der Waals surface area contributed by atoms with E-state index < -0.39 is 10.8 Å². The molecule has 2 amide bonds. The van der Waals surface area contributed by atoms with Crippen molar-refractivity contribution in [3.05, 3.63) is 63.9 Å². The molecule has 9 heteroatoms. The largest absolute Gasteiger partial charge is 0.325 e. The molecular weight excluding hydrogens is 438 g/mol. The molecule has 172 valence electrons. The Kier molecular flexibility index (Phi) is 7.65. The smallest absolute Gasteiger partial charge is 0.278 e. The van der Waals surface area contributed by atoms with Gasteiger partial charge in [-0.15, -0.1) is 10.2 Å². The predicted octanol–water partition coefficient (Wildman–Crippen LogP) is 4.16. The second kappa shape index (κ2) is 10.4. The molecule has 0 radical (unpaired) electrons. The minimum Gasteiger partial charge on any atom is -0.325 e. The molecule has 2 aromatic carbocycles. The summed E-state index contributed by atoms with van der Waals surface area (Å²) in [6, 6.07) is 12.6. The maximum atomic E-state index is 12.7. The highest BCUT2D eigenvalue weighted by molar-refractivity contribution is 8.00. The Morgan fingerprint density at radius 2 is 1.67 bits per heavy atom. The highest BCUT2D eigenvalue weighted by atomic mass is 32.2. The lowest BCUT2D eigenvalue weighted by Gasteiger charge is -2.13. The van der Waals surface area contributed by atoms with E-state index in [2.05, 4.69) is 25.8 Å². The zero-order valence-corrected chi connectivity index (χ0v) is 20.0. The number of H-pyrrole nitrogens is 1. The van der Waals surface area contributed by atoms with Crippen LogP contribution in [0.25, 0.3) is 11.3 Å². The van der Waals surface area contributed by atoms with Crippen LogP contribution in [0.15, 0.2) is 52.4 Å². The van der Waals surface area contributed by atoms with Crippen LogP contribution >= 0.6 is 11.8 Å². The third-order valence-electron chi connectivity index (χ3n) is 5.07. The summed E-state index contributed by atoms with van der Waals surface area (Å²) in [4.78, 5) is 40.1. The highest BCUT2D eigenvalue weighted by Gasteiger charge is 2.19. The van der Waals surface area contributed by atoms with Crippen molar-refractivity contribution in [2.24, 2.45) is 5.92 Å². The normalized spacial score (nSPS) is 11.8. The molecule has 0 saturated heterocycles. The number of amides is 2. The average molecular weight is 466 g/mol. The van der Waals surface area contributed by atoms with Crippen LogP contribution in [0, 0.1) is 19.8 Å². The first kappa shape index (κ1) is 24.2. The lowest BCUT2D eigenvalue weighted by molar-refractivity contribution is -0.119. The van der Waals surface area contributed by atoms with Crippen LogP contribution in [-0.4, -0.2) is 32.2 Å². The van der Waals surface area contributed by atoms with Crippen LogP contribution in [0.3, 0.4) is 0 Å². The summed E-state index contributed by atoms with van der Waals surface area (Å²) in [7, 11) is 0. The van der Waals surface area contributed by atoms with Crippen molar-refractivity contribution in [1.82, 2.24) is 15.2 Å². The van der Waals surface area contributed by atoms with E-state index in [9.17, 15) is 14.4 Å². The average Bonchev–Trinajstić information content (AvgIpc) is 2.77. The van der Waals surface area contributed by atoms with E-state index in [4.69, 9.17) is 0 Å². The van der Waals surface area contributed by atoms with Crippen LogP contribution in [0.5, 0.6) is 0 Å². The number of benzene rings is 2. The second-order valence-electron chi connectivity index (χ2n) is 8.05. The third-order valence-corrected chi connectivity index (χ3v) is 6.05. The standard InChI is InChI=1S/C24H27N5O3S/c1-13(2)21(30)26-19-9-7-6-8-18(19)20-23(32)27-24(29-28-20)33-16(5)22(31)25-17-11-10-14(3)15(4)12-17/h6-13,16H,1-5H3,(H,25,31)(H,26,30)(H,27,29,32). The number of aryl methyl sites for hydroxylation is 2. The second-order valence-corrected chi connectivity index (χ2v) is 9.38. The fraction of sp³-hybridized carbons (Fsp3) is 0.292. The molecule has 0 bridgehead atoms. The minimum atomic E-state index is -0.514. The van der Waals surface area contributed by atoms with Crippen molar-refractivity contribution in [3.8, 4) is 11.3 Å². The minimum absolute atomic E-state index is 0.0891. The van der Waals surface area contributed by atoms with E-state index in [0.717, 1.165) is 22.9 Å². The van der Waals surface area contributed by atoms with E-state index in [1.165, 1.54) is 0 Å². The number of nitrogens with one attached hydrogen (secondary N) is 3. The molecule has 0 aliphatic rings. The number of anilines is 2. The van der Waals surface area contributed by atoms with Crippen LogP contribution in [-0.2, 0) is 9.59 Å². The van der Waals surface area contributed by atoms with Crippen LogP contribution < -0.4 is 16.2 Å². The Morgan fingerprint density at radius 1 is 0.939 bits per heavy atom. The Bertz CT molecular complexity index is 1240. The molecule has 0 aliphatic carbocycles. The quantitative estimate of drug-likeness (QED) is 0.451. The maximum absolute atomic E-state index is 12.7. The molecule has 3 rings (SSSR count). The van der Waals surface area contributed by atoms with Gasteiger partial charge in [0, 0.05) is 17.2 Å². The summed E-state index contributed by atoms with van der Waals surface area (Å²) < 4.78 is 0. The van der Waals surface area contributed by atoms with Crippen molar-refractivity contribution in [1.29, 1.82) is 0 Å². The highest BCUT2D eigenvalue weighted by Crippen LogP contribution is 2.25. The van der Waals surface area contributed by atoms with Crippen molar-refractivity contribution in [2.75, 3.05) is 10.6 Å². The fourth-order valence-electron chi connectivity index (χ4n) is 2.91. The summed E-state index contributed by atoms with van der Waals surface area (Å²) in [6.07, 6.45) is 0. The van der Waals surface area contributed by atoms with Gasteiger partial charge in [-0.05, 0) is 50.1 Å². The van der Waals surface area contributed by atoms with Gasteiger partial charge in [0.25, 0.3) is 5.56 Å². The molecule has 1 aromatic heterocycles. The number of aromatic amines is 1. The summed E-state index contributed by atoms with van der Waals surface area (Å²) >= 11 is 1.10. The van der Waals surface area contributed by atoms with Gasteiger partial charge in [-0.25, -0.2) is 0 Å². The Hall–Kier alpha value is -3.46. The Balaban J connectivity index is 1.75. The van der Waals surface area contributed by atoms with Gasteiger partial charge in [-0.3, -0.25) is 19.4 Å². The molecule has 0 spiro atoms.